The molecule has 0 saturated heterocycles. The highest BCUT2D eigenvalue weighted by atomic mass is 32.1. The van der Waals surface area contributed by atoms with Gasteiger partial charge < -0.3 is 5.32 Å². The van der Waals surface area contributed by atoms with E-state index < -0.39 is 0 Å². The molecule has 1 atom stereocenters. The molecule has 5 heteroatoms. The summed E-state index contributed by atoms with van der Waals surface area (Å²) in [6, 6.07) is 33.9. The topological polar surface area (TPSA) is 28.8 Å². The lowest BCUT2D eigenvalue weighted by Gasteiger charge is -2.23. The normalized spacial score (nSPS) is 16.3. The van der Waals surface area contributed by atoms with E-state index in [0.717, 1.165) is 17.2 Å². The third-order valence-corrected chi connectivity index (χ3v) is 11.6. The molecule has 0 radical (unpaired) electrons. The first-order chi connectivity index (χ1) is 21.3. The first kappa shape index (κ1) is 22.6. The fraction of sp³-hybridized carbons (Fsp3) is 0.0263. The molecule has 2 aliphatic rings. The Bertz CT molecular complexity index is 2770. The van der Waals surface area contributed by atoms with Gasteiger partial charge in [0.15, 0.2) is 0 Å². The number of fused-ring (bicyclic) bond motifs is 14. The molecule has 200 valence electrons. The summed E-state index contributed by atoms with van der Waals surface area (Å²) in [5, 5.41) is 13.0. The van der Waals surface area contributed by atoms with Crippen LogP contribution >= 0.6 is 22.7 Å². The van der Waals surface area contributed by atoms with E-state index in [-0.39, 0.29) is 6.04 Å². The number of thiophene rings is 2. The Labute approximate surface area is 253 Å². The van der Waals surface area contributed by atoms with Crippen molar-refractivity contribution in [1.82, 2.24) is 4.40 Å². The molecule has 0 fully saturated rings. The number of hydrogen-bond donors (Lipinski definition) is 1. The van der Waals surface area contributed by atoms with Crippen LogP contribution in [0.1, 0.15) is 0 Å². The Balaban J connectivity index is 1.20. The molecule has 1 unspecified atom stereocenters. The highest BCUT2D eigenvalue weighted by molar-refractivity contribution is 7.26. The third-order valence-electron chi connectivity index (χ3n) is 9.32. The number of hydrogen-bond acceptors (Lipinski definition) is 4. The van der Waals surface area contributed by atoms with E-state index in [0.29, 0.717) is 0 Å². The van der Waals surface area contributed by atoms with Gasteiger partial charge in [-0.25, -0.2) is 4.99 Å². The van der Waals surface area contributed by atoms with Gasteiger partial charge in [0.25, 0.3) is 0 Å². The largest absolute Gasteiger partial charge is 0.357 e. The van der Waals surface area contributed by atoms with E-state index in [2.05, 4.69) is 125 Å². The minimum atomic E-state index is 0.0878. The molecule has 5 heterocycles. The van der Waals surface area contributed by atoms with Crippen molar-refractivity contribution in [1.29, 1.82) is 0 Å². The number of para-hydroxylation sites is 1. The van der Waals surface area contributed by atoms with Gasteiger partial charge in [-0.15, -0.1) is 22.7 Å². The lowest BCUT2D eigenvalue weighted by atomic mass is 9.99. The molecule has 1 aliphatic heterocycles. The van der Waals surface area contributed by atoms with Crippen LogP contribution in [0.25, 0.3) is 78.7 Å². The van der Waals surface area contributed by atoms with Gasteiger partial charge in [-0.05, 0) is 47.5 Å². The molecule has 0 spiro atoms. The molecule has 1 N–H and O–H groups in total. The van der Waals surface area contributed by atoms with Crippen molar-refractivity contribution < 1.29 is 0 Å². The Kier molecular flexibility index (Phi) is 4.15. The van der Waals surface area contributed by atoms with Crippen LogP contribution in [0.2, 0.25) is 0 Å². The predicted octanol–water partition coefficient (Wildman–Crippen LogP) is 11.1. The summed E-state index contributed by atoms with van der Waals surface area (Å²) >= 11 is 3.77. The Hall–Kier alpha value is -4.97. The minimum absolute atomic E-state index is 0.0878. The van der Waals surface area contributed by atoms with Crippen molar-refractivity contribution in [3.8, 4) is 11.1 Å². The van der Waals surface area contributed by atoms with Crippen LogP contribution in [0.3, 0.4) is 0 Å². The van der Waals surface area contributed by atoms with Crippen LogP contribution in [-0.2, 0) is 0 Å². The maximum atomic E-state index is 5.31. The average molecular weight is 584 g/mol. The van der Waals surface area contributed by atoms with Crippen LogP contribution in [-0.4, -0.2) is 16.2 Å². The Morgan fingerprint density at radius 1 is 0.628 bits per heavy atom. The molecule has 0 amide bonds. The number of nitrogens with one attached hydrogen (secondary N) is 1. The van der Waals surface area contributed by atoms with Gasteiger partial charge in [0.05, 0.1) is 22.8 Å². The fourth-order valence-electron chi connectivity index (χ4n) is 7.43. The lowest BCUT2D eigenvalue weighted by Crippen LogP contribution is -2.30. The van der Waals surface area contributed by atoms with Crippen LogP contribution in [0.5, 0.6) is 0 Å². The highest BCUT2D eigenvalue weighted by Gasteiger charge is 2.30. The summed E-state index contributed by atoms with van der Waals surface area (Å²) < 4.78 is 7.73. The molecule has 1 aliphatic carbocycles. The van der Waals surface area contributed by atoms with Gasteiger partial charge >= 0.3 is 0 Å². The zero-order valence-corrected chi connectivity index (χ0v) is 24.4. The van der Waals surface area contributed by atoms with E-state index >= 15 is 0 Å². The maximum Gasteiger partial charge on any atom is 0.139 e. The number of aromatic nitrogens is 1. The fourth-order valence-corrected chi connectivity index (χ4v) is 9.77. The van der Waals surface area contributed by atoms with E-state index in [4.69, 9.17) is 4.99 Å². The first-order valence-electron chi connectivity index (χ1n) is 14.6. The summed E-state index contributed by atoms with van der Waals surface area (Å²) in [6.45, 7) is 0. The molecule has 3 nitrogen and oxygen atoms in total. The molecular formula is C38H21N3S2. The number of nitrogens with zero attached hydrogens (tertiary/aromatic N) is 2. The van der Waals surface area contributed by atoms with Gasteiger partial charge in [0.2, 0.25) is 0 Å². The summed E-state index contributed by atoms with van der Waals surface area (Å²) in [7, 11) is 0. The summed E-state index contributed by atoms with van der Waals surface area (Å²) in [6.07, 6.45) is 8.52. The Morgan fingerprint density at radius 2 is 1.37 bits per heavy atom. The van der Waals surface area contributed by atoms with E-state index in [1.807, 2.05) is 22.7 Å². The molecule has 4 aromatic heterocycles. The second-order valence-corrected chi connectivity index (χ2v) is 13.8. The molecule has 11 rings (SSSR count). The molecule has 0 saturated carbocycles. The van der Waals surface area contributed by atoms with Crippen molar-refractivity contribution in [2.45, 2.75) is 6.04 Å². The zero-order chi connectivity index (χ0) is 27.8. The number of aliphatic imine (C=N–C) groups is 1. The van der Waals surface area contributed by atoms with Crippen molar-refractivity contribution in [3.05, 3.63) is 115 Å². The standard InChI is InChI=1S/C38H21N3S2/c1-5-11-29-22(7-1)26-19-33-34(35-36-38(41(29)37(26)35)40-28-10-4-3-9-27(28)39-36)25-16-14-21(18-32(25)43-33)20-13-15-24-23-8-2-6-12-30(23)42-31(24)17-20/h1-19,28,40H. The average Bonchev–Trinajstić information content (AvgIpc) is 3.78. The van der Waals surface area contributed by atoms with Crippen molar-refractivity contribution in [3.63, 3.8) is 0 Å². The first-order valence-corrected chi connectivity index (χ1v) is 16.2. The lowest BCUT2D eigenvalue weighted by molar-refractivity contribution is 1.09. The van der Waals surface area contributed by atoms with Crippen molar-refractivity contribution in [2.24, 2.45) is 4.99 Å². The van der Waals surface area contributed by atoms with E-state index in [9.17, 15) is 0 Å². The second-order valence-electron chi connectivity index (χ2n) is 11.6. The quantitative estimate of drug-likeness (QED) is 0.205. The summed E-state index contributed by atoms with van der Waals surface area (Å²) in [5.74, 6) is 1.09. The van der Waals surface area contributed by atoms with Crippen LogP contribution < -0.4 is 5.32 Å². The van der Waals surface area contributed by atoms with E-state index in [1.54, 1.807) is 0 Å². The molecule has 43 heavy (non-hydrogen) atoms. The second kappa shape index (κ2) is 7.90. The monoisotopic (exact) mass is 583 g/mol. The Morgan fingerprint density at radius 3 is 2.28 bits per heavy atom. The smallest absolute Gasteiger partial charge is 0.139 e. The maximum absolute atomic E-state index is 5.31. The SMILES string of the molecule is C1=CC2=Nc3c(n4c5ccccc5c5cc6sc7cc(-c8ccc9c(c8)sc8ccccc89)ccc7c6c3c54)NC2C=C1. The van der Waals surface area contributed by atoms with Gasteiger partial charge in [-0.2, -0.15) is 0 Å². The molecular weight excluding hydrogens is 563 g/mol. The number of rotatable bonds is 1. The van der Waals surface area contributed by atoms with Crippen molar-refractivity contribution >= 4 is 107 Å². The molecule has 5 aromatic carbocycles. The van der Waals surface area contributed by atoms with Gasteiger partial charge in [0.1, 0.15) is 11.5 Å². The van der Waals surface area contributed by atoms with Crippen LogP contribution in [0.4, 0.5) is 11.5 Å². The van der Waals surface area contributed by atoms with Crippen LogP contribution in [0, 0.1) is 0 Å². The zero-order valence-electron chi connectivity index (χ0n) is 22.8. The van der Waals surface area contributed by atoms with Crippen molar-refractivity contribution in [2.75, 3.05) is 5.32 Å². The molecule has 9 aromatic rings. The summed E-state index contributed by atoms with van der Waals surface area (Å²) in [5.41, 5.74) is 7.14. The number of allylic oxidation sites excluding steroid dienone is 2. The van der Waals surface area contributed by atoms with E-state index in [1.165, 1.54) is 78.7 Å². The van der Waals surface area contributed by atoms with Gasteiger partial charge in [-0.3, -0.25) is 4.40 Å². The summed E-state index contributed by atoms with van der Waals surface area (Å²) in [4.78, 5) is 5.31. The van der Waals surface area contributed by atoms with Gasteiger partial charge in [-0.1, -0.05) is 78.9 Å². The molecule has 0 bridgehead atoms. The number of anilines is 1. The third kappa shape index (κ3) is 2.86. The highest BCUT2D eigenvalue weighted by Crippen LogP contribution is 2.52. The number of benzene rings is 5. The van der Waals surface area contributed by atoms with Crippen LogP contribution in [0.15, 0.2) is 120 Å². The minimum Gasteiger partial charge on any atom is -0.357 e. The van der Waals surface area contributed by atoms with Gasteiger partial charge in [0, 0.05) is 56.5 Å². The predicted molar refractivity (Wildman–Crippen MR) is 188 cm³/mol.